The largest absolute Gasteiger partial charge is 0.391 e. The van der Waals surface area contributed by atoms with E-state index in [4.69, 9.17) is 0 Å². The Kier molecular flexibility index (Phi) is 4.29. The van der Waals surface area contributed by atoms with Gasteiger partial charge in [-0.15, -0.1) is 0 Å². The molecule has 0 fully saturated rings. The van der Waals surface area contributed by atoms with Crippen LogP contribution in [0.5, 0.6) is 0 Å². The predicted molar refractivity (Wildman–Crippen MR) is 60.9 cm³/mol. The van der Waals surface area contributed by atoms with Gasteiger partial charge in [0.05, 0.1) is 11.8 Å². The zero-order chi connectivity index (χ0) is 11.4. The maximum atomic E-state index is 9.73. The molecule has 15 heavy (non-hydrogen) atoms. The van der Waals surface area contributed by atoms with Crippen LogP contribution in [0.4, 0.5) is 0 Å². The fourth-order valence-electron chi connectivity index (χ4n) is 1.50. The van der Waals surface area contributed by atoms with Crippen molar-refractivity contribution in [3.05, 3.63) is 18.0 Å². The average Bonchev–Trinajstić information content (AvgIpc) is 2.50. The van der Waals surface area contributed by atoms with Crippen LogP contribution in [-0.4, -0.2) is 46.5 Å². The summed E-state index contributed by atoms with van der Waals surface area (Å²) in [5.41, 5.74) is 0.957. The number of aromatic nitrogens is 2. The Hall–Kier alpha value is -0.870. The van der Waals surface area contributed by atoms with Gasteiger partial charge in [0.15, 0.2) is 0 Å². The van der Waals surface area contributed by atoms with Crippen LogP contribution in [0.1, 0.15) is 25.6 Å². The van der Waals surface area contributed by atoms with Gasteiger partial charge in [0, 0.05) is 25.2 Å². The number of hydrogen-bond donors (Lipinski definition) is 1. The predicted octanol–water partition coefficient (Wildman–Crippen LogP) is 0.929. The van der Waals surface area contributed by atoms with Gasteiger partial charge in [0.25, 0.3) is 0 Å². The summed E-state index contributed by atoms with van der Waals surface area (Å²) >= 11 is 0. The third-order valence-electron chi connectivity index (χ3n) is 2.21. The van der Waals surface area contributed by atoms with E-state index in [1.165, 1.54) is 0 Å². The van der Waals surface area contributed by atoms with Crippen molar-refractivity contribution in [3.63, 3.8) is 0 Å². The van der Waals surface area contributed by atoms with Crippen molar-refractivity contribution in [3.8, 4) is 0 Å². The zero-order valence-corrected chi connectivity index (χ0v) is 10.0. The second-order valence-corrected chi connectivity index (χ2v) is 4.50. The lowest BCUT2D eigenvalue weighted by Crippen LogP contribution is -2.27. The van der Waals surface area contributed by atoms with E-state index in [1.807, 2.05) is 35.9 Å². The van der Waals surface area contributed by atoms with E-state index in [-0.39, 0.29) is 6.10 Å². The van der Waals surface area contributed by atoms with Gasteiger partial charge in [0.1, 0.15) is 0 Å². The van der Waals surface area contributed by atoms with E-state index >= 15 is 0 Å². The molecule has 4 nitrogen and oxygen atoms in total. The summed E-state index contributed by atoms with van der Waals surface area (Å²) in [6.07, 6.45) is 2.25. The molecule has 0 aliphatic rings. The summed E-state index contributed by atoms with van der Waals surface area (Å²) in [5.74, 6) is 0. The number of aliphatic hydroxyl groups excluding tert-OH is 1. The van der Waals surface area contributed by atoms with Gasteiger partial charge in [-0.25, -0.2) is 0 Å². The average molecular weight is 211 g/mol. The Labute approximate surface area is 91.5 Å². The Morgan fingerprint density at radius 1 is 1.47 bits per heavy atom. The highest BCUT2D eigenvalue weighted by Crippen LogP contribution is 2.06. The molecular formula is C11H21N3O. The molecule has 0 aliphatic heterocycles. The second kappa shape index (κ2) is 5.28. The quantitative estimate of drug-likeness (QED) is 0.787. The Bertz CT molecular complexity index is 294. The second-order valence-electron chi connectivity index (χ2n) is 4.50. The molecule has 0 saturated heterocycles. The number of nitrogens with zero attached hydrogens (tertiary/aromatic N) is 3. The lowest BCUT2D eigenvalue weighted by atomic mass is 10.2. The molecule has 1 rings (SSSR count). The molecule has 1 heterocycles. The van der Waals surface area contributed by atoms with Crippen LogP contribution in [0.3, 0.4) is 0 Å². The first-order chi connectivity index (χ1) is 6.99. The van der Waals surface area contributed by atoms with Crippen LogP contribution in [0, 0.1) is 0 Å². The number of likely N-dealkylation sites (N-methyl/N-ethyl adjacent to an activating group) is 1. The SMILES string of the molecule is CC(C)n1ccc(CC(O)CN(C)C)n1. The Morgan fingerprint density at radius 2 is 2.13 bits per heavy atom. The number of hydrogen-bond acceptors (Lipinski definition) is 3. The topological polar surface area (TPSA) is 41.3 Å². The third kappa shape index (κ3) is 4.01. The smallest absolute Gasteiger partial charge is 0.0722 e. The van der Waals surface area contributed by atoms with Crippen LogP contribution in [0.2, 0.25) is 0 Å². The summed E-state index contributed by atoms with van der Waals surface area (Å²) in [7, 11) is 3.91. The van der Waals surface area contributed by atoms with Crippen LogP contribution in [-0.2, 0) is 6.42 Å². The summed E-state index contributed by atoms with van der Waals surface area (Å²) in [6.45, 7) is 4.86. The van der Waals surface area contributed by atoms with Gasteiger partial charge < -0.3 is 10.0 Å². The normalized spacial score (nSPS) is 13.8. The monoisotopic (exact) mass is 211 g/mol. The van der Waals surface area contributed by atoms with Gasteiger partial charge in [-0.1, -0.05) is 0 Å². The van der Waals surface area contributed by atoms with E-state index in [1.54, 1.807) is 0 Å². The highest BCUT2D eigenvalue weighted by atomic mass is 16.3. The summed E-state index contributed by atoms with van der Waals surface area (Å²) < 4.78 is 1.91. The maximum Gasteiger partial charge on any atom is 0.0722 e. The molecule has 1 N–H and O–H groups in total. The van der Waals surface area contributed by atoms with E-state index in [0.29, 0.717) is 19.0 Å². The Morgan fingerprint density at radius 3 is 2.60 bits per heavy atom. The summed E-state index contributed by atoms with van der Waals surface area (Å²) in [4.78, 5) is 1.98. The first-order valence-electron chi connectivity index (χ1n) is 5.36. The van der Waals surface area contributed by atoms with Crippen molar-refractivity contribution >= 4 is 0 Å². The molecule has 1 atom stereocenters. The van der Waals surface area contributed by atoms with Gasteiger partial charge in [-0.05, 0) is 34.0 Å². The van der Waals surface area contributed by atoms with Crippen molar-refractivity contribution in [2.45, 2.75) is 32.4 Å². The van der Waals surface area contributed by atoms with Gasteiger partial charge >= 0.3 is 0 Å². The lowest BCUT2D eigenvalue weighted by molar-refractivity contribution is 0.136. The number of rotatable bonds is 5. The van der Waals surface area contributed by atoms with E-state index < -0.39 is 0 Å². The van der Waals surface area contributed by atoms with Gasteiger partial charge in [-0.3, -0.25) is 4.68 Å². The summed E-state index contributed by atoms with van der Waals surface area (Å²) in [6, 6.07) is 2.35. The van der Waals surface area contributed by atoms with Crippen molar-refractivity contribution < 1.29 is 5.11 Å². The Balaban J connectivity index is 2.49. The fourth-order valence-corrected chi connectivity index (χ4v) is 1.50. The minimum atomic E-state index is -0.337. The minimum absolute atomic E-state index is 0.337. The van der Waals surface area contributed by atoms with Crippen molar-refractivity contribution in [2.75, 3.05) is 20.6 Å². The molecule has 0 radical (unpaired) electrons. The van der Waals surface area contributed by atoms with Crippen molar-refractivity contribution in [1.29, 1.82) is 0 Å². The van der Waals surface area contributed by atoms with Crippen LogP contribution >= 0.6 is 0 Å². The van der Waals surface area contributed by atoms with E-state index in [9.17, 15) is 5.11 Å². The molecule has 0 aliphatic carbocycles. The van der Waals surface area contributed by atoms with Crippen molar-refractivity contribution in [2.24, 2.45) is 0 Å². The number of aliphatic hydroxyl groups is 1. The van der Waals surface area contributed by atoms with Crippen LogP contribution < -0.4 is 0 Å². The minimum Gasteiger partial charge on any atom is -0.391 e. The molecule has 1 aromatic rings. The molecule has 86 valence electrons. The highest BCUT2D eigenvalue weighted by molar-refractivity contribution is 5.01. The van der Waals surface area contributed by atoms with Crippen molar-refractivity contribution in [1.82, 2.24) is 14.7 Å². The molecule has 4 heteroatoms. The fraction of sp³-hybridized carbons (Fsp3) is 0.727. The molecule has 1 unspecified atom stereocenters. The molecule has 0 aromatic carbocycles. The molecule has 1 aromatic heterocycles. The summed E-state index contributed by atoms with van der Waals surface area (Å²) in [5, 5.41) is 14.1. The van der Waals surface area contributed by atoms with E-state index in [2.05, 4.69) is 18.9 Å². The molecule has 0 saturated carbocycles. The van der Waals surface area contributed by atoms with E-state index in [0.717, 1.165) is 5.69 Å². The first kappa shape index (κ1) is 12.2. The molecular weight excluding hydrogens is 190 g/mol. The van der Waals surface area contributed by atoms with Crippen LogP contribution in [0.15, 0.2) is 12.3 Å². The van der Waals surface area contributed by atoms with Crippen LogP contribution in [0.25, 0.3) is 0 Å². The van der Waals surface area contributed by atoms with Gasteiger partial charge in [-0.2, -0.15) is 5.10 Å². The van der Waals surface area contributed by atoms with Gasteiger partial charge in [0.2, 0.25) is 0 Å². The molecule has 0 spiro atoms. The lowest BCUT2D eigenvalue weighted by Gasteiger charge is -2.14. The highest BCUT2D eigenvalue weighted by Gasteiger charge is 2.09. The third-order valence-corrected chi connectivity index (χ3v) is 2.21. The molecule has 0 amide bonds. The zero-order valence-electron chi connectivity index (χ0n) is 10.0. The molecule has 0 bridgehead atoms. The maximum absolute atomic E-state index is 9.73. The standard InChI is InChI=1S/C11H21N3O/c1-9(2)14-6-5-10(12-14)7-11(15)8-13(3)4/h5-6,9,11,15H,7-8H2,1-4H3. The first-order valence-corrected chi connectivity index (χ1v) is 5.36.